The molecule has 1 aromatic carbocycles. The molecule has 2 atom stereocenters. The summed E-state index contributed by atoms with van der Waals surface area (Å²) in [6.07, 6.45) is 0. The van der Waals surface area contributed by atoms with E-state index in [-0.39, 0.29) is 11.9 Å². The van der Waals surface area contributed by atoms with Crippen molar-refractivity contribution in [2.45, 2.75) is 32.1 Å². The van der Waals surface area contributed by atoms with Crippen LogP contribution in [-0.2, 0) is 0 Å². The van der Waals surface area contributed by atoms with Gasteiger partial charge in [0.1, 0.15) is 5.82 Å². The van der Waals surface area contributed by atoms with Gasteiger partial charge in [0.25, 0.3) is 0 Å². The number of thioether (sulfide) groups is 1. The van der Waals surface area contributed by atoms with E-state index < -0.39 is 0 Å². The Hall–Kier alpha value is -0.740. The Kier molecular flexibility index (Phi) is 5.11. The maximum atomic E-state index is 14.2. The predicted octanol–water partition coefficient (Wildman–Crippen LogP) is 3.44. The van der Waals surface area contributed by atoms with Crippen LogP contribution in [-0.4, -0.2) is 30.6 Å². The van der Waals surface area contributed by atoms with Gasteiger partial charge in [-0.1, -0.05) is 19.9 Å². The van der Waals surface area contributed by atoms with Crippen molar-refractivity contribution in [1.82, 2.24) is 5.32 Å². The number of hydrogen-bond donors (Lipinski definition) is 1. The van der Waals surface area contributed by atoms with Crippen LogP contribution in [0.25, 0.3) is 0 Å². The molecule has 106 valence electrons. The molecule has 1 aliphatic rings. The van der Waals surface area contributed by atoms with Crippen LogP contribution in [0.2, 0.25) is 0 Å². The Labute approximate surface area is 119 Å². The van der Waals surface area contributed by atoms with Crippen LogP contribution in [0.15, 0.2) is 18.2 Å². The summed E-state index contributed by atoms with van der Waals surface area (Å²) >= 11 is 1.99. The molecule has 19 heavy (non-hydrogen) atoms. The Balaban J connectivity index is 2.31. The Bertz CT molecular complexity index is 425. The van der Waals surface area contributed by atoms with E-state index in [9.17, 15) is 4.39 Å². The van der Waals surface area contributed by atoms with Gasteiger partial charge in [0.15, 0.2) is 0 Å². The molecule has 2 unspecified atom stereocenters. The van der Waals surface area contributed by atoms with Crippen molar-refractivity contribution in [3.63, 3.8) is 0 Å². The van der Waals surface area contributed by atoms with E-state index in [1.807, 2.05) is 24.8 Å². The second kappa shape index (κ2) is 6.62. The second-order valence-electron chi connectivity index (χ2n) is 5.08. The average Bonchev–Trinajstić information content (AvgIpc) is 2.38. The minimum Gasteiger partial charge on any atom is -0.369 e. The van der Waals surface area contributed by atoms with Crippen LogP contribution < -0.4 is 10.2 Å². The molecule has 2 rings (SSSR count). The van der Waals surface area contributed by atoms with E-state index >= 15 is 0 Å². The van der Waals surface area contributed by atoms with Gasteiger partial charge in [-0.3, -0.25) is 0 Å². The quantitative estimate of drug-likeness (QED) is 0.911. The lowest BCUT2D eigenvalue weighted by Crippen LogP contribution is -2.38. The first kappa shape index (κ1) is 14.7. The number of benzene rings is 1. The van der Waals surface area contributed by atoms with Crippen LogP contribution in [0, 0.1) is 5.82 Å². The van der Waals surface area contributed by atoms with Gasteiger partial charge in [0, 0.05) is 41.4 Å². The van der Waals surface area contributed by atoms with Gasteiger partial charge in [-0.2, -0.15) is 11.8 Å². The van der Waals surface area contributed by atoms with Gasteiger partial charge in [-0.05, 0) is 25.6 Å². The molecule has 0 amide bonds. The van der Waals surface area contributed by atoms with Gasteiger partial charge in [0.05, 0.1) is 0 Å². The Morgan fingerprint density at radius 2 is 2.32 bits per heavy atom. The average molecular weight is 282 g/mol. The number of hydrogen-bond acceptors (Lipinski definition) is 3. The van der Waals surface area contributed by atoms with E-state index in [0.29, 0.717) is 5.25 Å². The summed E-state index contributed by atoms with van der Waals surface area (Å²) in [5.41, 5.74) is 1.86. The highest BCUT2D eigenvalue weighted by atomic mass is 32.2. The Morgan fingerprint density at radius 1 is 1.53 bits per heavy atom. The molecule has 1 saturated heterocycles. The summed E-state index contributed by atoms with van der Waals surface area (Å²) in [4.78, 5) is 2.33. The second-order valence-corrected chi connectivity index (χ2v) is 6.63. The van der Waals surface area contributed by atoms with E-state index in [0.717, 1.165) is 36.6 Å². The zero-order valence-corrected chi connectivity index (χ0v) is 12.8. The molecule has 1 aliphatic heterocycles. The fourth-order valence-corrected chi connectivity index (χ4v) is 3.69. The highest BCUT2D eigenvalue weighted by Crippen LogP contribution is 2.32. The standard InChI is InChI=1S/C15H23FN2S/c1-4-17-12(3)15-13(16)6-5-7-14(15)18-8-9-19-11(2)10-18/h5-7,11-12,17H,4,8-10H2,1-3H3. The molecular formula is C15H23FN2S. The molecule has 1 aromatic rings. The summed E-state index contributed by atoms with van der Waals surface area (Å²) in [5, 5.41) is 3.93. The van der Waals surface area contributed by atoms with Crippen LogP contribution in [0.4, 0.5) is 10.1 Å². The van der Waals surface area contributed by atoms with Crippen molar-refractivity contribution in [3.05, 3.63) is 29.6 Å². The number of nitrogens with zero attached hydrogens (tertiary/aromatic N) is 1. The number of anilines is 1. The molecule has 1 N–H and O–H groups in total. The monoisotopic (exact) mass is 282 g/mol. The van der Waals surface area contributed by atoms with Gasteiger partial charge in [0.2, 0.25) is 0 Å². The maximum absolute atomic E-state index is 14.2. The lowest BCUT2D eigenvalue weighted by Gasteiger charge is -2.35. The third kappa shape index (κ3) is 3.42. The summed E-state index contributed by atoms with van der Waals surface area (Å²) in [7, 11) is 0. The van der Waals surface area contributed by atoms with Gasteiger partial charge in [-0.25, -0.2) is 4.39 Å². The van der Waals surface area contributed by atoms with Crippen molar-refractivity contribution < 1.29 is 4.39 Å². The first-order chi connectivity index (χ1) is 9.13. The minimum atomic E-state index is -0.100. The molecule has 1 heterocycles. The fraction of sp³-hybridized carbons (Fsp3) is 0.600. The van der Waals surface area contributed by atoms with Crippen LogP contribution in [0.5, 0.6) is 0 Å². The molecule has 0 radical (unpaired) electrons. The smallest absolute Gasteiger partial charge is 0.130 e. The number of rotatable bonds is 4. The van der Waals surface area contributed by atoms with Crippen LogP contribution in [0.3, 0.4) is 0 Å². The molecular weight excluding hydrogens is 259 g/mol. The molecule has 0 saturated carbocycles. The molecule has 0 aliphatic carbocycles. The van der Waals surface area contributed by atoms with Crippen LogP contribution in [0.1, 0.15) is 32.4 Å². The molecule has 0 aromatic heterocycles. The topological polar surface area (TPSA) is 15.3 Å². The normalized spacial score (nSPS) is 21.5. The third-order valence-corrected chi connectivity index (χ3v) is 4.69. The van der Waals surface area contributed by atoms with Gasteiger partial charge >= 0.3 is 0 Å². The summed E-state index contributed by atoms with van der Waals surface area (Å²) in [5.74, 6) is 1.02. The molecule has 4 heteroatoms. The fourth-order valence-electron chi connectivity index (χ4n) is 2.68. The first-order valence-electron chi connectivity index (χ1n) is 7.01. The largest absolute Gasteiger partial charge is 0.369 e. The van der Waals surface area contributed by atoms with Gasteiger partial charge in [-0.15, -0.1) is 0 Å². The van der Waals surface area contributed by atoms with Crippen molar-refractivity contribution in [2.24, 2.45) is 0 Å². The lowest BCUT2D eigenvalue weighted by molar-refractivity contribution is 0.539. The third-order valence-electron chi connectivity index (χ3n) is 3.55. The van der Waals surface area contributed by atoms with Crippen molar-refractivity contribution in [1.29, 1.82) is 0 Å². The molecule has 0 spiro atoms. The van der Waals surface area contributed by atoms with E-state index in [2.05, 4.69) is 30.1 Å². The highest BCUT2D eigenvalue weighted by molar-refractivity contribution is 8.00. The van der Waals surface area contributed by atoms with E-state index in [1.165, 1.54) is 0 Å². The zero-order chi connectivity index (χ0) is 13.8. The first-order valence-corrected chi connectivity index (χ1v) is 8.06. The van der Waals surface area contributed by atoms with Crippen LogP contribution >= 0.6 is 11.8 Å². The minimum absolute atomic E-state index is 0.0473. The molecule has 0 bridgehead atoms. The maximum Gasteiger partial charge on any atom is 0.130 e. The number of halogens is 1. The zero-order valence-electron chi connectivity index (χ0n) is 11.9. The predicted molar refractivity (Wildman–Crippen MR) is 82.6 cm³/mol. The number of nitrogens with one attached hydrogen (secondary N) is 1. The highest BCUT2D eigenvalue weighted by Gasteiger charge is 2.23. The van der Waals surface area contributed by atoms with Crippen molar-refractivity contribution >= 4 is 17.4 Å². The lowest BCUT2D eigenvalue weighted by atomic mass is 10.0. The van der Waals surface area contributed by atoms with Gasteiger partial charge < -0.3 is 10.2 Å². The van der Waals surface area contributed by atoms with E-state index in [4.69, 9.17) is 0 Å². The van der Waals surface area contributed by atoms with Crippen molar-refractivity contribution in [2.75, 3.05) is 30.3 Å². The van der Waals surface area contributed by atoms with E-state index in [1.54, 1.807) is 6.07 Å². The summed E-state index contributed by atoms with van der Waals surface area (Å²) in [6.45, 7) is 9.18. The summed E-state index contributed by atoms with van der Waals surface area (Å²) < 4.78 is 14.2. The van der Waals surface area contributed by atoms with Crippen molar-refractivity contribution in [3.8, 4) is 0 Å². The summed E-state index contributed by atoms with van der Waals surface area (Å²) in [6, 6.07) is 5.48. The molecule has 2 nitrogen and oxygen atoms in total. The SMILES string of the molecule is CCNC(C)c1c(F)cccc1N1CCSC(C)C1. The molecule has 1 fully saturated rings. The Morgan fingerprint density at radius 3 is 3.00 bits per heavy atom.